The van der Waals surface area contributed by atoms with Gasteiger partial charge in [-0.15, -0.1) is 5.10 Å². The van der Waals surface area contributed by atoms with Crippen molar-refractivity contribution in [3.8, 4) is 5.75 Å². The maximum Gasteiger partial charge on any atom is 0.252 e. The summed E-state index contributed by atoms with van der Waals surface area (Å²) in [6, 6.07) is 8.25. The highest BCUT2D eigenvalue weighted by molar-refractivity contribution is 5.80. The van der Waals surface area contributed by atoms with Gasteiger partial charge in [-0.3, -0.25) is 9.69 Å². The van der Waals surface area contributed by atoms with E-state index in [4.69, 9.17) is 4.74 Å². The summed E-state index contributed by atoms with van der Waals surface area (Å²) in [4.78, 5) is 18.6. The molecular formula is C25H36N6O2. The van der Waals surface area contributed by atoms with Gasteiger partial charge in [0.15, 0.2) is 5.82 Å². The molecule has 0 saturated heterocycles. The fourth-order valence-corrected chi connectivity index (χ4v) is 4.98. The maximum absolute atomic E-state index is 13.1. The van der Waals surface area contributed by atoms with Crippen molar-refractivity contribution in [2.75, 3.05) is 6.61 Å². The highest BCUT2D eigenvalue weighted by Gasteiger charge is 2.34. The van der Waals surface area contributed by atoms with Gasteiger partial charge in [-0.1, -0.05) is 19.8 Å². The Morgan fingerprint density at radius 1 is 1.21 bits per heavy atom. The van der Waals surface area contributed by atoms with E-state index in [1.54, 1.807) is 0 Å². The number of hydrogen-bond acceptors (Lipinski definition) is 6. The molecule has 178 valence electrons. The molecule has 0 aliphatic heterocycles. The van der Waals surface area contributed by atoms with Gasteiger partial charge in [0.2, 0.25) is 0 Å². The van der Waals surface area contributed by atoms with Crippen molar-refractivity contribution < 1.29 is 4.74 Å². The molecule has 33 heavy (non-hydrogen) atoms. The van der Waals surface area contributed by atoms with Crippen LogP contribution in [0.25, 0.3) is 10.9 Å². The number of tetrazole rings is 1. The normalized spacial score (nSPS) is 16.1. The van der Waals surface area contributed by atoms with Crippen LogP contribution >= 0.6 is 0 Å². The molecule has 1 unspecified atom stereocenters. The lowest BCUT2D eigenvalue weighted by molar-refractivity contribution is 0.108. The molecule has 8 nitrogen and oxygen atoms in total. The standard InChI is InChI=1S/C25H36N6O2/c1-6-22(23-27-28-29-31(23)25(3,4)5)30(19-10-8-9-11-19)16-18-14-17-15-20(33-7-2)12-13-21(17)26-24(18)32/h12-15,19,22H,6-11,16H2,1-5H3,(H,26,32). The van der Waals surface area contributed by atoms with E-state index in [9.17, 15) is 4.79 Å². The number of H-pyrrole nitrogens is 1. The SMILES string of the molecule is CCOc1ccc2[nH]c(=O)c(CN(C3CCCC3)C(CC)c3nnnn3C(C)(C)C)cc2c1. The molecule has 1 aliphatic carbocycles. The van der Waals surface area contributed by atoms with Crippen LogP contribution < -0.4 is 10.3 Å². The number of benzene rings is 1. The van der Waals surface area contributed by atoms with Crippen LogP contribution in [-0.2, 0) is 12.1 Å². The van der Waals surface area contributed by atoms with Gasteiger partial charge in [0.1, 0.15) is 5.75 Å². The molecular weight excluding hydrogens is 416 g/mol. The molecule has 1 aromatic carbocycles. The lowest BCUT2D eigenvalue weighted by Crippen LogP contribution is -2.40. The minimum Gasteiger partial charge on any atom is -0.494 e. The molecule has 2 heterocycles. The number of rotatable bonds is 8. The predicted octanol–water partition coefficient (Wildman–Crippen LogP) is 4.56. The Balaban J connectivity index is 1.74. The number of nitrogens with zero attached hydrogens (tertiary/aromatic N) is 5. The first-order valence-corrected chi connectivity index (χ1v) is 12.1. The Morgan fingerprint density at radius 3 is 2.64 bits per heavy atom. The van der Waals surface area contributed by atoms with Crippen LogP contribution in [0.15, 0.2) is 29.1 Å². The molecule has 0 spiro atoms. The molecule has 1 N–H and O–H groups in total. The third kappa shape index (κ3) is 4.95. The van der Waals surface area contributed by atoms with Crippen molar-refractivity contribution in [2.24, 2.45) is 0 Å². The second-order valence-corrected chi connectivity index (χ2v) is 9.96. The molecule has 3 aromatic rings. The summed E-state index contributed by atoms with van der Waals surface area (Å²) < 4.78 is 7.60. The molecule has 1 aliphatic rings. The highest BCUT2D eigenvalue weighted by atomic mass is 16.5. The third-order valence-electron chi connectivity index (χ3n) is 6.56. The lowest BCUT2D eigenvalue weighted by atomic mass is 10.0. The molecule has 0 bridgehead atoms. The Hall–Kier alpha value is -2.74. The lowest BCUT2D eigenvalue weighted by Gasteiger charge is -2.36. The second kappa shape index (κ2) is 9.63. The summed E-state index contributed by atoms with van der Waals surface area (Å²) >= 11 is 0. The number of hydrogen-bond donors (Lipinski definition) is 1. The molecule has 2 aromatic heterocycles. The summed E-state index contributed by atoms with van der Waals surface area (Å²) in [5.74, 6) is 1.68. The van der Waals surface area contributed by atoms with E-state index in [0.717, 1.165) is 47.3 Å². The van der Waals surface area contributed by atoms with E-state index in [2.05, 4.69) is 53.1 Å². The number of nitrogens with one attached hydrogen (secondary N) is 1. The van der Waals surface area contributed by atoms with Crippen LogP contribution in [0, 0.1) is 0 Å². The molecule has 0 radical (unpaired) electrons. The third-order valence-corrected chi connectivity index (χ3v) is 6.56. The summed E-state index contributed by atoms with van der Waals surface area (Å²) in [6.45, 7) is 11.7. The molecule has 1 fully saturated rings. The number of aromatic amines is 1. The maximum atomic E-state index is 13.1. The summed E-state index contributed by atoms with van der Waals surface area (Å²) in [5.41, 5.74) is 1.32. The molecule has 1 atom stereocenters. The monoisotopic (exact) mass is 452 g/mol. The van der Waals surface area contributed by atoms with Gasteiger partial charge in [0.25, 0.3) is 5.56 Å². The van der Waals surface area contributed by atoms with Gasteiger partial charge in [0.05, 0.1) is 18.2 Å². The predicted molar refractivity (Wildman–Crippen MR) is 129 cm³/mol. The first-order chi connectivity index (χ1) is 15.8. The molecule has 4 rings (SSSR count). The van der Waals surface area contributed by atoms with Crippen molar-refractivity contribution in [3.63, 3.8) is 0 Å². The van der Waals surface area contributed by atoms with Crippen LogP contribution in [0.3, 0.4) is 0 Å². The fraction of sp³-hybridized carbons (Fsp3) is 0.600. The Labute approximate surface area is 195 Å². The highest BCUT2D eigenvalue weighted by Crippen LogP contribution is 2.34. The first kappa shape index (κ1) is 23.4. The summed E-state index contributed by atoms with van der Waals surface area (Å²) in [7, 11) is 0. The number of ether oxygens (including phenoxy) is 1. The van der Waals surface area contributed by atoms with E-state index in [1.807, 2.05) is 35.9 Å². The molecule has 8 heteroatoms. The molecule has 0 amide bonds. The van der Waals surface area contributed by atoms with Crippen molar-refractivity contribution in [3.05, 3.63) is 46.0 Å². The van der Waals surface area contributed by atoms with Crippen LogP contribution in [0.1, 0.15) is 84.2 Å². The van der Waals surface area contributed by atoms with E-state index in [0.29, 0.717) is 19.2 Å². The zero-order valence-corrected chi connectivity index (χ0v) is 20.5. The van der Waals surface area contributed by atoms with Gasteiger partial charge < -0.3 is 9.72 Å². The average molecular weight is 453 g/mol. The van der Waals surface area contributed by atoms with Gasteiger partial charge in [0, 0.05) is 29.1 Å². The van der Waals surface area contributed by atoms with E-state index < -0.39 is 0 Å². The van der Waals surface area contributed by atoms with Crippen molar-refractivity contribution in [1.82, 2.24) is 30.1 Å². The Bertz CT molecular complexity index is 1140. The Morgan fingerprint density at radius 2 is 1.97 bits per heavy atom. The van der Waals surface area contributed by atoms with Crippen LogP contribution in [-0.4, -0.2) is 42.7 Å². The van der Waals surface area contributed by atoms with E-state index in [1.165, 1.54) is 12.8 Å². The summed E-state index contributed by atoms with van der Waals surface area (Å²) in [6.07, 6.45) is 5.56. The number of aromatic nitrogens is 5. The van der Waals surface area contributed by atoms with Crippen molar-refractivity contribution in [1.29, 1.82) is 0 Å². The second-order valence-electron chi connectivity index (χ2n) is 9.96. The molecule has 1 saturated carbocycles. The van der Waals surface area contributed by atoms with Gasteiger partial charge in [-0.2, -0.15) is 0 Å². The fourth-order valence-electron chi connectivity index (χ4n) is 4.98. The first-order valence-electron chi connectivity index (χ1n) is 12.1. The Kier molecular flexibility index (Phi) is 6.83. The van der Waals surface area contributed by atoms with Crippen molar-refractivity contribution in [2.45, 2.75) is 90.9 Å². The minimum absolute atomic E-state index is 0.0344. The van der Waals surface area contributed by atoms with E-state index >= 15 is 0 Å². The number of pyridine rings is 1. The van der Waals surface area contributed by atoms with Crippen LogP contribution in [0.4, 0.5) is 0 Å². The summed E-state index contributed by atoms with van der Waals surface area (Å²) in [5, 5.41) is 13.7. The van der Waals surface area contributed by atoms with Crippen LogP contribution in [0.5, 0.6) is 5.75 Å². The zero-order chi connectivity index (χ0) is 23.6. The minimum atomic E-state index is -0.219. The van der Waals surface area contributed by atoms with Gasteiger partial charge in [-0.25, -0.2) is 4.68 Å². The number of fused-ring (bicyclic) bond motifs is 1. The van der Waals surface area contributed by atoms with Gasteiger partial charge >= 0.3 is 0 Å². The largest absolute Gasteiger partial charge is 0.494 e. The smallest absolute Gasteiger partial charge is 0.252 e. The zero-order valence-electron chi connectivity index (χ0n) is 20.5. The average Bonchev–Trinajstić information content (AvgIpc) is 3.46. The topological polar surface area (TPSA) is 88.9 Å². The van der Waals surface area contributed by atoms with Crippen molar-refractivity contribution >= 4 is 10.9 Å². The van der Waals surface area contributed by atoms with Gasteiger partial charge in [-0.05, 0) is 81.6 Å². The van der Waals surface area contributed by atoms with Crippen LogP contribution in [0.2, 0.25) is 0 Å². The van der Waals surface area contributed by atoms with E-state index in [-0.39, 0.29) is 17.1 Å². The quantitative estimate of drug-likeness (QED) is 0.539.